The van der Waals surface area contributed by atoms with Crippen molar-refractivity contribution in [2.75, 3.05) is 19.1 Å². The van der Waals surface area contributed by atoms with Gasteiger partial charge >= 0.3 is 6.61 Å². The minimum absolute atomic E-state index is 0.0868. The number of ether oxygens (including phenoxy) is 3. The van der Waals surface area contributed by atoms with Crippen molar-refractivity contribution in [2.45, 2.75) is 6.61 Å². The van der Waals surface area contributed by atoms with E-state index in [4.69, 9.17) is 21.7 Å². The molecule has 0 N–H and O–H groups in total. The number of anilines is 1. The van der Waals surface area contributed by atoms with E-state index in [9.17, 15) is 13.6 Å². The molecule has 0 spiro atoms. The lowest BCUT2D eigenvalue weighted by atomic mass is 10.2. The molecule has 1 heterocycles. The first-order valence-electron chi connectivity index (χ1n) is 7.98. The Hall–Kier alpha value is -2.65. The van der Waals surface area contributed by atoms with Crippen LogP contribution in [0.3, 0.4) is 0 Å². The SMILES string of the molecule is COc1cc(/C=C2\SC(=S)N(c3ccccc3OC)C2=O)ccc1OC(F)F. The molecule has 3 rings (SSSR count). The standard InChI is InChI=1S/C19H15F2NO4S2/c1-24-13-6-4-3-5-12(13)22-17(23)16(28-19(22)27)10-11-7-8-14(26-18(20)21)15(9-11)25-2/h3-10,18H,1-2H3/b16-10-. The zero-order valence-corrected chi connectivity index (χ0v) is 16.5. The van der Waals surface area contributed by atoms with Crippen LogP contribution in [0, 0.1) is 0 Å². The summed E-state index contributed by atoms with van der Waals surface area (Å²) in [6, 6.07) is 11.5. The molecule has 2 aromatic carbocycles. The van der Waals surface area contributed by atoms with Crippen molar-refractivity contribution in [3.63, 3.8) is 0 Å². The molecule has 0 radical (unpaired) electrons. The van der Waals surface area contributed by atoms with Crippen LogP contribution in [0.25, 0.3) is 6.08 Å². The van der Waals surface area contributed by atoms with Gasteiger partial charge in [-0.25, -0.2) is 0 Å². The minimum Gasteiger partial charge on any atom is -0.495 e. The van der Waals surface area contributed by atoms with Crippen molar-refractivity contribution in [1.82, 2.24) is 0 Å². The largest absolute Gasteiger partial charge is 0.495 e. The molecule has 1 aliphatic rings. The second-order valence-electron chi connectivity index (χ2n) is 5.48. The zero-order chi connectivity index (χ0) is 20.3. The quantitative estimate of drug-likeness (QED) is 0.495. The smallest absolute Gasteiger partial charge is 0.387 e. The van der Waals surface area contributed by atoms with Crippen LogP contribution in [0.2, 0.25) is 0 Å². The second-order valence-corrected chi connectivity index (χ2v) is 7.15. The molecule has 1 aliphatic heterocycles. The number of carbonyl (C=O) groups is 1. The maximum Gasteiger partial charge on any atom is 0.387 e. The molecule has 0 unspecified atom stereocenters. The molecule has 5 nitrogen and oxygen atoms in total. The normalized spacial score (nSPS) is 15.5. The lowest BCUT2D eigenvalue weighted by molar-refractivity contribution is -0.113. The third-order valence-electron chi connectivity index (χ3n) is 3.82. The molecule has 0 aromatic heterocycles. The van der Waals surface area contributed by atoms with E-state index in [1.54, 1.807) is 36.4 Å². The Balaban J connectivity index is 1.92. The minimum atomic E-state index is -2.96. The van der Waals surface area contributed by atoms with Crippen molar-refractivity contribution in [2.24, 2.45) is 0 Å². The van der Waals surface area contributed by atoms with Crippen molar-refractivity contribution in [3.05, 3.63) is 52.9 Å². The van der Waals surface area contributed by atoms with Gasteiger partial charge < -0.3 is 14.2 Å². The Labute approximate surface area is 169 Å². The summed E-state index contributed by atoms with van der Waals surface area (Å²) in [5, 5.41) is 0. The van der Waals surface area contributed by atoms with Crippen LogP contribution in [-0.4, -0.2) is 31.1 Å². The topological polar surface area (TPSA) is 48.0 Å². The summed E-state index contributed by atoms with van der Waals surface area (Å²) in [5.74, 6) is 0.270. The third kappa shape index (κ3) is 4.10. The lowest BCUT2D eigenvalue weighted by Gasteiger charge is -2.17. The average Bonchev–Trinajstić information content (AvgIpc) is 2.95. The van der Waals surface area contributed by atoms with Crippen LogP contribution >= 0.6 is 24.0 Å². The summed E-state index contributed by atoms with van der Waals surface area (Å²) >= 11 is 6.50. The van der Waals surface area contributed by atoms with E-state index in [0.717, 1.165) is 11.8 Å². The number of thioether (sulfide) groups is 1. The van der Waals surface area contributed by atoms with Gasteiger partial charge in [-0.2, -0.15) is 8.78 Å². The number of amides is 1. The van der Waals surface area contributed by atoms with Crippen molar-refractivity contribution < 1.29 is 27.8 Å². The fraction of sp³-hybridized carbons (Fsp3) is 0.158. The Bertz CT molecular complexity index is 949. The molecular weight excluding hydrogens is 408 g/mol. The molecule has 2 aromatic rings. The molecular formula is C19H15F2NO4S2. The first-order valence-corrected chi connectivity index (χ1v) is 9.21. The van der Waals surface area contributed by atoms with Gasteiger partial charge in [-0.1, -0.05) is 42.2 Å². The summed E-state index contributed by atoms with van der Waals surface area (Å²) in [6.07, 6.45) is 1.61. The van der Waals surface area contributed by atoms with Crippen LogP contribution < -0.4 is 19.1 Å². The van der Waals surface area contributed by atoms with E-state index in [2.05, 4.69) is 4.74 Å². The van der Waals surface area contributed by atoms with Crippen LogP contribution in [0.4, 0.5) is 14.5 Å². The predicted molar refractivity (Wildman–Crippen MR) is 108 cm³/mol. The van der Waals surface area contributed by atoms with Crippen molar-refractivity contribution in [3.8, 4) is 17.2 Å². The number of thiocarbonyl (C=S) groups is 1. The van der Waals surface area contributed by atoms with Gasteiger partial charge in [0.05, 0.1) is 24.8 Å². The van der Waals surface area contributed by atoms with Gasteiger partial charge in [0.1, 0.15) is 5.75 Å². The number of para-hydroxylation sites is 2. The molecule has 28 heavy (non-hydrogen) atoms. The van der Waals surface area contributed by atoms with Gasteiger partial charge in [-0.15, -0.1) is 0 Å². The Kier molecular flexibility index (Phi) is 6.15. The number of hydrogen-bond acceptors (Lipinski definition) is 6. The highest BCUT2D eigenvalue weighted by molar-refractivity contribution is 8.27. The molecule has 0 aliphatic carbocycles. The maximum atomic E-state index is 12.9. The number of benzene rings is 2. The van der Waals surface area contributed by atoms with Gasteiger partial charge in [0, 0.05) is 0 Å². The van der Waals surface area contributed by atoms with Gasteiger partial charge in [-0.05, 0) is 35.9 Å². The molecule has 1 amide bonds. The summed E-state index contributed by atoms with van der Waals surface area (Å²) < 4.78 is 40.1. The first-order chi connectivity index (χ1) is 13.4. The predicted octanol–water partition coefficient (Wildman–Crippen LogP) is 4.71. The summed E-state index contributed by atoms with van der Waals surface area (Å²) in [4.78, 5) is 14.7. The molecule has 0 atom stereocenters. The van der Waals surface area contributed by atoms with Gasteiger partial charge in [0.2, 0.25) is 0 Å². The van der Waals surface area contributed by atoms with E-state index in [1.165, 1.54) is 31.3 Å². The van der Waals surface area contributed by atoms with Gasteiger partial charge in [-0.3, -0.25) is 9.69 Å². The number of hydrogen-bond donors (Lipinski definition) is 0. The zero-order valence-electron chi connectivity index (χ0n) is 14.8. The Morgan fingerprint density at radius 1 is 1.07 bits per heavy atom. The van der Waals surface area contributed by atoms with Crippen LogP contribution in [-0.2, 0) is 4.79 Å². The second kappa shape index (κ2) is 8.57. The number of halogens is 2. The molecule has 0 bridgehead atoms. The number of rotatable bonds is 6. The highest BCUT2D eigenvalue weighted by Crippen LogP contribution is 2.40. The van der Waals surface area contributed by atoms with E-state index in [0.29, 0.717) is 26.2 Å². The highest BCUT2D eigenvalue weighted by atomic mass is 32.2. The maximum absolute atomic E-state index is 12.9. The molecule has 9 heteroatoms. The fourth-order valence-corrected chi connectivity index (χ4v) is 3.89. The third-order valence-corrected chi connectivity index (χ3v) is 5.12. The van der Waals surface area contributed by atoms with E-state index in [1.807, 2.05) is 0 Å². The number of nitrogens with zero attached hydrogens (tertiary/aromatic N) is 1. The Morgan fingerprint density at radius 2 is 1.79 bits per heavy atom. The van der Waals surface area contributed by atoms with Crippen LogP contribution in [0.5, 0.6) is 17.2 Å². The van der Waals surface area contributed by atoms with E-state index in [-0.39, 0.29) is 17.4 Å². The Morgan fingerprint density at radius 3 is 2.46 bits per heavy atom. The van der Waals surface area contributed by atoms with Crippen LogP contribution in [0.1, 0.15) is 5.56 Å². The lowest BCUT2D eigenvalue weighted by Crippen LogP contribution is -2.27. The van der Waals surface area contributed by atoms with Gasteiger partial charge in [0.25, 0.3) is 5.91 Å². The van der Waals surface area contributed by atoms with Gasteiger partial charge in [0.15, 0.2) is 15.8 Å². The average molecular weight is 423 g/mol. The van der Waals surface area contributed by atoms with Crippen LogP contribution in [0.15, 0.2) is 47.4 Å². The molecule has 146 valence electrons. The number of carbonyl (C=O) groups excluding carboxylic acids is 1. The van der Waals surface area contributed by atoms with E-state index < -0.39 is 6.61 Å². The molecule has 1 fully saturated rings. The number of alkyl halides is 2. The van der Waals surface area contributed by atoms with E-state index >= 15 is 0 Å². The highest BCUT2D eigenvalue weighted by Gasteiger charge is 2.34. The summed E-state index contributed by atoms with van der Waals surface area (Å²) in [7, 11) is 2.86. The number of methoxy groups -OCH3 is 2. The molecule has 0 saturated carbocycles. The summed E-state index contributed by atoms with van der Waals surface area (Å²) in [5.41, 5.74) is 1.13. The van der Waals surface area contributed by atoms with Crippen molar-refractivity contribution >= 4 is 46.0 Å². The summed E-state index contributed by atoms with van der Waals surface area (Å²) in [6.45, 7) is -2.96. The first kappa shape index (κ1) is 20.1. The fourth-order valence-electron chi connectivity index (χ4n) is 2.61. The van der Waals surface area contributed by atoms with Crippen molar-refractivity contribution in [1.29, 1.82) is 0 Å². The molecule has 1 saturated heterocycles. The monoisotopic (exact) mass is 423 g/mol.